The Labute approximate surface area is 186 Å². The van der Waals surface area contributed by atoms with E-state index in [1.165, 1.54) is 24.3 Å². The van der Waals surface area contributed by atoms with Crippen molar-refractivity contribution in [3.05, 3.63) is 71.1 Å². The Morgan fingerprint density at radius 1 is 1.00 bits per heavy atom. The summed E-state index contributed by atoms with van der Waals surface area (Å²) >= 11 is 0. The van der Waals surface area contributed by atoms with Gasteiger partial charge in [0.25, 0.3) is 0 Å². The van der Waals surface area contributed by atoms with Gasteiger partial charge in [-0.05, 0) is 60.6 Å². The van der Waals surface area contributed by atoms with Gasteiger partial charge in [0.1, 0.15) is 11.6 Å². The number of hydrogen-bond acceptors (Lipinski definition) is 5. The molecule has 0 spiro atoms. The van der Waals surface area contributed by atoms with E-state index >= 15 is 0 Å². The highest BCUT2D eigenvalue weighted by Crippen LogP contribution is 2.61. The maximum absolute atomic E-state index is 14.4. The summed E-state index contributed by atoms with van der Waals surface area (Å²) < 4.78 is 53.1. The van der Waals surface area contributed by atoms with E-state index in [-0.39, 0.29) is 22.2 Å². The average Bonchev–Trinajstić information content (AvgIpc) is 2.90. The third-order valence-electron chi connectivity index (χ3n) is 7.08. The summed E-state index contributed by atoms with van der Waals surface area (Å²) in [5, 5.41) is 8.65. The quantitative estimate of drug-likeness (QED) is 0.548. The van der Waals surface area contributed by atoms with Crippen molar-refractivity contribution in [2.75, 3.05) is 6.26 Å². The van der Waals surface area contributed by atoms with Crippen molar-refractivity contribution >= 4 is 9.84 Å². The molecule has 0 N–H and O–H groups in total. The van der Waals surface area contributed by atoms with E-state index in [0.717, 1.165) is 18.2 Å². The zero-order valence-electron chi connectivity index (χ0n) is 18.6. The summed E-state index contributed by atoms with van der Waals surface area (Å²) in [5.41, 5.74) is 0.808. The molecule has 168 valence electrons. The minimum atomic E-state index is -3.50. The zero-order valence-corrected chi connectivity index (χ0v) is 19.5. The van der Waals surface area contributed by atoms with Gasteiger partial charge < -0.3 is 0 Å². The maximum atomic E-state index is 14.4. The molecule has 1 aliphatic rings. The van der Waals surface area contributed by atoms with E-state index in [2.05, 4.69) is 29.0 Å². The van der Waals surface area contributed by atoms with E-state index in [1.807, 2.05) is 13.8 Å². The molecule has 1 aromatic carbocycles. The van der Waals surface area contributed by atoms with Crippen LogP contribution in [0, 0.1) is 17.0 Å². The highest BCUT2D eigenvalue weighted by molar-refractivity contribution is 7.90. The van der Waals surface area contributed by atoms with Gasteiger partial charge in [0.05, 0.1) is 28.1 Å². The van der Waals surface area contributed by atoms with Crippen molar-refractivity contribution in [2.45, 2.75) is 50.5 Å². The first-order valence-corrected chi connectivity index (χ1v) is 12.3. The van der Waals surface area contributed by atoms with Crippen molar-refractivity contribution in [3.8, 4) is 11.3 Å². The predicted octanol–water partition coefficient (Wildman–Crippen LogP) is 5.06. The number of hydrogen-bond donors (Lipinski definition) is 0. The highest BCUT2D eigenvalue weighted by atomic mass is 32.2. The molecule has 0 radical (unpaired) electrons. The van der Waals surface area contributed by atoms with Gasteiger partial charge >= 0.3 is 0 Å². The van der Waals surface area contributed by atoms with Crippen LogP contribution in [-0.2, 0) is 15.3 Å². The SMILES string of the molecule is CC[C@H]1c2cc(-c3c(F)cccc3F)nnc2C(C)(c2cccc(S(C)(=O)=O)n2)C1(C)C. The van der Waals surface area contributed by atoms with Gasteiger partial charge in [0, 0.05) is 6.26 Å². The van der Waals surface area contributed by atoms with Crippen molar-refractivity contribution in [2.24, 2.45) is 5.41 Å². The van der Waals surface area contributed by atoms with Gasteiger partial charge in [-0.2, -0.15) is 5.10 Å². The number of pyridine rings is 1. The molecule has 2 atom stereocenters. The van der Waals surface area contributed by atoms with E-state index in [0.29, 0.717) is 11.4 Å². The molecule has 3 aromatic rings. The number of benzene rings is 1. The third-order valence-corrected chi connectivity index (χ3v) is 8.06. The largest absolute Gasteiger partial charge is 0.240 e. The Hall–Kier alpha value is -2.74. The lowest BCUT2D eigenvalue weighted by atomic mass is 9.62. The number of fused-ring (bicyclic) bond motifs is 1. The smallest absolute Gasteiger partial charge is 0.192 e. The molecule has 1 aliphatic carbocycles. The molecular weight excluding hydrogens is 432 g/mol. The van der Waals surface area contributed by atoms with Crippen molar-refractivity contribution in [1.82, 2.24) is 15.2 Å². The number of rotatable bonds is 4. The Morgan fingerprint density at radius 3 is 2.22 bits per heavy atom. The second kappa shape index (κ2) is 7.40. The monoisotopic (exact) mass is 457 g/mol. The van der Waals surface area contributed by atoms with Crippen LogP contribution >= 0.6 is 0 Å². The highest BCUT2D eigenvalue weighted by Gasteiger charge is 2.57. The molecule has 2 heterocycles. The fourth-order valence-corrected chi connectivity index (χ4v) is 5.64. The summed E-state index contributed by atoms with van der Waals surface area (Å²) in [7, 11) is -3.50. The predicted molar refractivity (Wildman–Crippen MR) is 118 cm³/mol. The molecule has 1 unspecified atom stereocenters. The van der Waals surface area contributed by atoms with E-state index in [9.17, 15) is 17.2 Å². The molecule has 8 heteroatoms. The van der Waals surface area contributed by atoms with Gasteiger partial charge in [0.2, 0.25) is 0 Å². The van der Waals surface area contributed by atoms with Gasteiger partial charge in [-0.1, -0.05) is 32.9 Å². The fraction of sp³-hybridized carbons (Fsp3) is 0.375. The second-order valence-corrected chi connectivity index (χ2v) is 11.0. The number of nitrogens with zero attached hydrogens (tertiary/aromatic N) is 3. The first kappa shape index (κ1) is 22.5. The van der Waals surface area contributed by atoms with E-state index in [4.69, 9.17) is 0 Å². The zero-order chi connectivity index (χ0) is 23.5. The van der Waals surface area contributed by atoms with Crippen LogP contribution in [0.3, 0.4) is 0 Å². The Morgan fingerprint density at radius 2 is 1.62 bits per heavy atom. The molecule has 0 aliphatic heterocycles. The van der Waals surface area contributed by atoms with Crippen molar-refractivity contribution in [3.63, 3.8) is 0 Å². The summed E-state index contributed by atoms with van der Waals surface area (Å²) in [4.78, 5) is 4.49. The number of sulfone groups is 1. The lowest BCUT2D eigenvalue weighted by Crippen LogP contribution is -2.40. The average molecular weight is 458 g/mol. The number of halogens is 2. The van der Waals surface area contributed by atoms with Crippen LogP contribution in [0.5, 0.6) is 0 Å². The van der Waals surface area contributed by atoms with Crippen LogP contribution in [-0.4, -0.2) is 29.9 Å². The van der Waals surface area contributed by atoms with Crippen LogP contribution in [0.15, 0.2) is 47.5 Å². The fourth-order valence-electron chi connectivity index (χ4n) is 5.05. The van der Waals surface area contributed by atoms with Gasteiger partial charge in [-0.3, -0.25) is 0 Å². The molecule has 5 nitrogen and oxygen atoms in total. The van der Waals surface area contributed by atoms with Crippen LogP contribution in [0.1, 0.15) is 57.0 Å². The molecule has 4 rings (SSSR count). The summed E-state index contributed by atoms with van der Waals surface area (Å²) in [6, 6.07) is 10.4. The van der Waals surface area contributed by atoms with Crippen molar-refractivity contribution in [1.29, 1.82) is 0 Å². The Kier molecular flexibility index (Phi) is 5.19. The minimum absolute atomic E-state index is 0.00438. The molecule has 0 saturated carbocycles. The molecule has 0 bridgehead atoms. The molecule has 2 aromatic heterocycles. The summed E-state index contributed by atoms with van der Waals surface area (Å²) in [6.07, 6.45) is 1.88. The molecular formula is C24H25F2N3O2S. The third kappa shape index (κ3) is 3.15. The van der Waals surface area contributed by atoms with E-state index in [1.54, 1.807) is 18.2 Å². The van der Waals surface area contributed by atoms with Gasteiger partial charge in [-0.15, -0.1) is 5.10 Å². The lowest BCUT2D eigenvalue weighted by molar-refractivity contribution is 0.188. The molecule has 32 heavy (non-hydrogen) atoms. The van der Waals surface area contributed by atoms with Gasteiger partial charge in [0.15, 0.2) is 14.9 Å². The van der Waals surface area contributed by atoms with E-state index < -0.39 is 32.3 Å². The molecule has 0 amide bonds. The first-order chi connectivity index (χ1) is 14.9. The lowest BCUT2D eigenvalue weighted by Gasteiger charge is -2.41. The molecule has 0 fully saturated rings. The number of aromatic nitrogens is 3. The second-order valence-electron chi connectivity index (χ2n) is 9.07. The van der Waals surface area contributed by atoms with Crippen LogP contribution < -0.4 is 0 Å². The topological polar surface area (TPSA) is 72.8 Å². The first-order valence-electron chi connectivity index (χ1n) is 10.4. The standard InChI is InChI=1S/C24H25F2N3O2S/c1-6-15-14-13-18(21-16(25)9-7-10-17(21)26)28-29-22(14)24(4,23(15,2)3)19-11-8-12-20(27-19)32(5,30)31/h7-13,15H,6H2,1-5H3/t15-,24?/m0/s1. The Bertz CT molecular complexity index is 1300. The van der Waals surface area contributed by atoms with Crippen molar-refractivity contribution < 1.29 is 17.2 Å². The minimum Gasteiger partial charge on any atom is -0.240 e. The Balaban J connectivity index is 1.97. The molecule has 0 saturated heterocycles. The summed E-state index contributed by atoms with van der Waals surface area (Å²) in [6.45, 7) is 8.20. The van der Waals surface area contributed by atoms with Crippen LogP contribution in [0.25, 0.3) is 11.3 Å². The normalized spacial score (nSPS) is 22.0. The van der Waals surface area contributed by atoms with Gasteiger partial charge in [-0.25, -0.2) is 22.2 Å². The van der Waals surface area contributed by atoms with Crippen LogP contribution in [0.4, 0.5) is 8.78 Å². The maximum Gasteiger partial charge on any atom is 0.192 e. The van der Waals surface area contributed by atoms with Crippen LogP contribution in [0.2, 0.25) is 0 Å². The summed E-state index contributed by atoms with van der Waals surface area (Å²) in [5.74, 6) is -1.40.